The van der Waals surface area contributed by atoms with Gasteiger partial charge in [-0.15, -0.1) is 21.5 Å². The summed E-state index contributed by atoms with van der Waals surface area (Å²) in [6.45, 7) is 0.606. The number of amides is 1. The van der Waals surface area contributed by atoms with Gasteiger partial charge in [0.1, 0.15) is 0 Å². The lowest BCUT2D eigenvalue weighted by atomic mass is 10.2. The number of hydrogen-bond acceptors (Lipinski definition) is 7. The summed E-state index contributed by atoms with van der Waals surface area (Å²) in [5.74, 6) is 0.816. The summed E-state index contributed by atoms with van der Waals surface area (Å²) in [7, 11) is 0. The van der Waals surface area contributed by atoms with Gasteiger partial charge < -0.3 is 5.32 Å². The van der Waals surface area contributed by atoms with E-state index in [-0.39, 0.29) is 11.7 Å². The fourth-order valence-corrected chi connectivity index (χ4v) is 3.87. The molecule has 0 spiro atoms. The predicted octanol–water partition coefficient (Wildman–Crippen LogP) is 3.58. The van der Waals surface area contributed by atoms with Gasteiger partial charge in [-0.2, -0.15) is 0 Å². The Balaban J connectivity index is 1.56. The standard InChI is InChI=1S/C19H16N6OS2/c26-16(22-18-21-9-10-27-18)13-28-19-24-23-17(15-7-4-8-20-11-15)25(19)12-14-5-2-1-3-6-14/h1-11H,12-13H2,(H,21,22,26). The van der Waals surface area contributed by atoms with Gasteiger partial charge in [0.2, 0.25) is 5.91 Å². The van der Waals surface area contributed by atoms with Crippen molar-refractivity contribution in [3.05, 3.63) is 72.0 Å². The van der Waals surface area contributed by atoms with Crippen LogP contribution < -0.4 is 5.32 Å². The van der Waals surface area contributed by atoms with Crippen LogP contribution in [0.2, 0.25) is 0 Å². The van der Waals surface area contributed by atoms with E-state index in [0.717, 1.165) is 17.0 Å². The molecule has 1 aromatic carbocycles. The van der Waals surface area contributed by atoms with Gasteiger partial charge in [0.15, 0.2) is 16.1 Å². The molecule has 0 aliphatic heterocycles. The Bertz CT molecular complexity index is 1040. The molecule has 140 valence electrons. The number of aromatic nitrogens is 5. The van der Waals surface area contributed by atoms with Crippen LogP contribution in [0.4, 0.5) is 5.13 Å². The van der Waals surface area contributed by atoms with Gasteiger partial charge in [-0.3, -0.25) is 14.3 Å². The van der Waals surface area contributed by atoms with Crippen LogP contribution in [0.5, 0.6) is 0 Å². The van der Waals surface area contributed by atoms with Crippen molar-refractivity contribution in [2.75, 3.05) is 11.1 Å². The Hall–Kier alpha value is -3.04. The number of benzene rings is 1. The summed E-state index contributed by atoms with van der Waals surface area (Å²) in [6.07, 6.45) is 5.14. The Kier molecular flexibility index (Phi) is 5.74. The number of nitrogens with zero attached hydrogens (tertiary/aromatic N) is 5. The smallest absolute Gasteiger partial charge is 0.236 e. The number of anilines is 1. The Labute approximate surface area is 169 Å². The van der Waals surface area contributed by atoms with Gasteiger partial charge >= 0.3 is 0 Å². The zero-order chi connectivity index (χ0) is 19.2. The second-order valence-corrected chi connectivity index (χ2v) is 7.63. The lowest BCUT2D eigenvalue weighted by Gasteiger charge is -2.10. The molecule has 7 nitrogen and oxygen atoms in total. The highest BCUT2D eigenvalue weighted by molar-refractivity contribution is 7.99. The van der Waals surface area contributed by atoms with E-state index in [1.807, 2.05) is 40.3 Å². The average Bonchev–Trinajstić information content (AvgIpc) is 3.38. The average molecular weight is 409 g/mol. The van der Waals surface area contributed by atoms with Gasteiger partial charge in [-0.25, -0.2) is 4.98 Å². The van der Waals surface area contributed by atoms with E-state index in [4.69, 9.17) is 0 Å². The van der Waals surface area contributed by atoms with Crippen molar-refractivity contribution in [3.8, 4) is 11.4 Å². The summed E-state index contributed by atoms with van der Waals surface area (Å²) in [5.41, 5.74) is 2.01. The van der Waals surface area contributed by atoms with Crippen LogP contribution in [0.1, 0.15) is 5.56 Å². The molecule has 28 heavy (non-hydrogen) atoms. The van der Waals surface area contributed by atoms with Crippen molar-refractivity contribution in [1.29, 1.82) is 0 Å². The molecule has 0 fully saturated rings. The van der Waals surface area contributed by atoms with E-state index in [0.29, 0.717) is 16.8 Å². The van der Waals surface area contributed by atoms with E-state index >= 15 is 0 Å². The Morgan fingerprint density at radius 1 is 1.11 bits per heavy atom. The summed E-state index contributed by atoms with van der Waals surface area (Å²) in [5, 5.41) is 14.5. The van der Waals surface area contributed by atoms with Crippen LogP contribution in [0.3, 0.4) is 0 Å². The van der Waals surface area contributed by atoms with E-state index in [2.05, 4.69) is 37.6 Å². The van der Waals surface area contributed by atoms with Crippen LogP contribution in [0.15, 0.2) is 71.6 Å². The van der Waals surface area contributed by atoms with Crippen LogP contribution in [-0.4, -0.2) is 36.4 Å². The quantitative estimate of drug-likeness (QED) is 0.471. The van der Waals surface area contributed by atoms with Crippen LogP contribution in [-0.2, 0) is 11.3 Å². The van der Waals surface area contributed by atoms with Crippen LogP contribution in [0, 0.1) is 0 Å². The number of pyridine rings is 1. The zero-order valence-electron chi connectivity index (χ0n) is 14.7. The lowest BCUT2D eigenvalue weighted by molar-refractivity contribution is -0.113. The van der Waals surface area contributed by atoms with E-state index in [1.54, 1.807) is 18.6 Å². The monoisotopic (exact) mass is 408 g/mol. The molecule has 0 aliphatic rings. The fourth-order valence-electron chi connectivity index (χ4n) is 2.58. The third-order valence-electron chi connectivity index (χ3n) is 3.83. The molecule has 1 N–H and O–H groups in total. The number of thioether (sulfide) groups is 1. The maximum Gasteiger partial charge on any atom is 0.236 e. The van der Waals surface area contributed by atoms with Crippen molar-refractivity contribution >= 4 is 34.1 Å². The lowest BCUT2D eigenvalue weighted by Crippen LogP contribution is -2.14. The maximum absolute atomic E-state index is 12.2. The summed E-state index contributed by atoms with van der Waals surface area (Å²) in [4.78, 5) is 20.4. The van der Waals surface area contributed by atoms with Crippen molar-refractivity contribution in [2.24, 2.45) is 0 Å². The molecule has 9 heteroatoms. The first-order valence-corrected chi connectivity index (χ1v) is 10.4. The number of nitrogens with one attached hydrogen (secondary N) is 1. The van der Waals surface area contributed by atoms with Crippen LogP contribution in [0.25, 0.3) is 11.4 Å². The number of rotatable bonds is 7. The molecule has 0 bridgehead atoms. The van der Waals surface area contributed by atoms with Gasteiger partial charge in [0.05, 0.1) is 12.3 Å². The highest BCUT2D eigenvalue weighted by atomic mass is 32.2. The minimum Gasteiger partial charge on any atom is -0.301 e. The van der Waals surface area contributed by atoms with Crippen molar-refractivity contribution in [2.45, 2.75) is 11.7 Å². The first-order valence-electron chi connectivity index (χ1n) is 8.49. The number of thiazole rings is 1. The second-order valence-electron chi connectivity index (χ2n) is 5.79. The van der Waals surface area contributed by atoms with Gasteiger partial charge in [0.25, 0.3) is 0 Å². The SMILES string of the molecule is O=C(CSc1nnc(-c2cccnc2)n1Cc1ccccc1)Nc1nccs1. The largest absolute Gasteiger partial charge is 0.301 e. The molecule has 0 saturated carbocycles. The van der Waals surface area contributed by atoms with Crippen LogP contribution >= 0.6 is 23.1 Å². The second kappa shape index (κ2) is 8.77. The van der Waals surface area contributed by atoms with Gasteiger partial charge in [0, 0.05) is 29.5 Å². The molecule has 0 atom stereocenters. The molecule has 4 aromatic rings. The van der Waals surface area contributed by atoms with Gasteiger partial charge in [-0.05, 0) is 17.7 Å². The van der Waals surface area contributed by atoms with Gasteiger partial charge in [-0.1, -0.05) is 42.1 Å². The molecular weight excluding hydrogens is 392 g/mol. The predicted molar refractivity (Wildman–Crippen MR) is 110 cm³/mol. The summed E-state index contributed by atoms with van der Waals surface area (Å²) < 4.78 is 2.01. The normalized spacial score (nSPS) is 10.7. The van der Waals surface area contributed by atoms with E-state index in [1.165, 1.54) is 23.1 Å². The molecule has 0 radical (unpaired) electrons. The summed E-state index contributed by atoms with van der Waals surface area (Å²) in [6, 6.07) is 13.9. The number of carbonyl (C=O) groups excluding carboxylic acids is 1. The first-order chi connectivity index (χ1) is 13.8. The van der Waals surface area contributed by atoms with E-state index in [9.17, 15) is 4.79 Å². The zero-order valence-corrected chi connectivity index (χ0v) is 16.4. The minimum atomic E-state index is -0.128. The highest BCUT2D eigenvalue weighted by Gasteiger charge is 2.16. The fraction of sp³-hybridized carbons (Fsp3) is 0.105. The third-order valence-corrected chi connectivity index (χ3v) is 5.49. The third kappa shape index (κ3) is 4.44. The highest BCUT2D eigenvalue weighted by Crippen LogP contribution is 2.25. The first kappa shape index (κ1) is 18.3. The maximum atomic E-state index is 12.2. The van der Waals surface area contributed by atoms with E-state index < -0.39 is 0 Å². The molecule has 1 amide bonds. The number of hydrogen-bond donors (Lipinski definition) is 1. The molecule has 0 unspecified atom stereocenters. The molecule has 3 heterocycles. The van der Waals surface area contributed by atoms with Crippen molar-refractivity contribution < 1.29 is 4.79 Å². The minimum absolute atomic E-state index is 0.128. The Morgan fingerprint density at radius 3 is 2.75 bits per heavy atom. The molecule has 0 saturated heterocycles. The summed E-state index contributed by atoms with van der Waals surface area (Å²) >= 11 is 2.73. The van der Waals surface area contributed by atoms with Crippen molar-refractivity contribution in [3.63, 3.8) is 0 Å². The Morgan fingerprint density at radius 2 is 2.00 bits per heavy atom. The molecule has 4 rings (SSSR count). The topological polar surface area (TPSA) is 85.6 Å². The molecular formula is C19H16N6OS2. The molecule has 3 aromatic heterocycles. The molecule has 0 aliphatic carbocycles. The van der Waals surface area contributed by atoms with Crippen molar-refractivity contribution in [1.82, 2.24) is 24.7 Å². The number of carbonyl (C=O) groups is 1.